The highest BCUT2D eigenvalue weighted by Gasteiger charge is 2.26. The van der Waals surface area contributed by atoms with Crippen molar-refractivity contribution < 1.29 is 14.3 Å². The summed E-state index contributed by atoms with van der Waals surface area (Å²) < 4.78 is 10.6. The summed E-state index contributed by atoms with van der Waals surface area (Å²) in [5.74, 6) is 1.63. The first-order valence-corrected chi connectivity index (χ1v) is 9.98. The average Bonchev–Trinajstić information content (AvgIpc) is 2.79. The molecule has 7 heteroatoms. The van der Waals surface area contributed by atoms with Crippen molar-refractivity contribution >= 4 is 35.9 Å². The molecule has 3 rings (SSSR count). The molecule has 0 bridgehead atoms. The number of hydrogen-bond acceptors (Lipinski definition) is 4. The number of benzene rings is 2. The molecule has 6 nitrogen and oxygen atoms in total. The lowest BCUT2D eigenvalue weighted by molar-refractivity contribution is -0.146. The number of rotatable bonds is 6. The monoisotopic (exact) mass is 523 g/mol. The Morgan fingerprint density at radius 2 is 1.70 bits per heavy atom. The van der Waals surface area contributed by atoms with Crippen LogP contribution in [-0.4, -0.2) is 44.1 Å². The van der Waals surface area contributed by atoms with Gasteiger partial charge in [0, 0.05) is 26.7 Å². The first kappa shape index (κ1) is 24.0. The van der Waals surface area contributed by atoms with Crippen LogP contribution in [-0.2, 0) is 22.7 Å². The Labute approximate surface area is 195 Å². The van der Waals surface area contributed by atoms with Crippen LogP contribution in [0.3, 0.4) is 0 Å². The Hall–Kier alpha value is -2.29. The normalized spacial score (nSPS) is 14.6. The van der Waals surface area contributed by atoms with E-state index in [1.54, 1.807) is 7.05 Å². The number of hydrogen-bond donors (Lipinski definition) is 1. The minimum absolute atomic E-state index is 0. The van der Waals surface area contributed by atoms with Crippen LogP contribution in [0.4, 0.5) is 0 Å². The topological polar surface area (TPSA) is 63.2 Å². The first-order valence-electron chi connectivity index (χ1n) is 9.98. The van der Waals surface area contributed by atoms with E-state index in [4.69, 9.17) is 9.47 Å². The van der Waals surface area contributed by atoms with E-state index in [0.29, 0.717) is 13.2 Å². The van der Waals surface area contributed by atoms with Crippen LogP contribution < -0.4 is 10.1 Å². The lowest BCUT2D eigenvalue weighted by Crippen LogP contribution is -2.46. The second-order valence-corrected chi connectivity index (χ2v) is 7.10. The van der Waals surface area contributed by atoms with Crippen molar-refractivity contribution in [1.82, 2.24) is 10.2 Å². The Kier molecular flexibility index (Phi) is 9.93. The van der Waals surface area contributed by atoms with E-state index < -0.39 is 0 Å². The minimum atomic E-state index is -0.107. The molecule has 0 aliphatic carbocycles. The molecule has 1 heterocycles. The van der Waals surface area contributed by atoms with E-state index >= 15 is 0 Å². The van der Waals surface area contributed by atoms with Crippen molar-refractivity contribution in [3.63, 3.8) is 0 Å². The third kappa shape index (κ3) is 6.90. The number of likely N-dealkylation sites (tertiary alicyclic amines) is 1. The number of nitrogens with one attached hydrogen (secondary N) is 1. The molecule has 30 heavy (non-hydrogen) atoms. The number of methoxy groups -OCH3 is 1. The van der Waals surface area contributed by atoms with E-state index in [-0.39, 0.29) is 35.9 Å². The van der Waals surface area contributed by atoms with Crippen molar-refractivity contribution in [3.8, 4) is 5.75 Å². The molecule has 1 aliphatic heterocycles. The molecular formula is C23H30IN3O3. The Balaban J connectivity index is 0.00000320. The molecule has 0 radical (unpaired) electrons. The van der Waals surface area contributed by atoms with Crippen molar-refractivity contribution in [1.29, 1.82) is 0 Å². The van der Waals surface area contributed by atoms with E-state index in [1.165, 1.54) is 12.7 Å². The Morgan fingerprint density at radius 1 is 1.07 bits per heavy atom. The van der Waals surface area contributed by atoms with Crippen molar-refractivity contribution in [2.75, 3.05) is 27.2 Å². The van der Waals surface area contributed by atoms with Crippen LogP contribution >= 0.6 is 24.0 Å². The molecule has 1 saturated heterocycles. The van der Waals surface area contributed by atoms with E-state index in [2.05, 4.69) is 39.5 Å². The molecule has 0 saturated carbocycles. The number of carbonyl (C=O) groups excluding carboxylic acids is 1. The number of nitrogens with zero attached hydrogens (tertiary/aromatic N) is 2. The molecule has 1 fully saturated rings. The fraction of sp³-hybridized carbons (Fsp3) is 0.391. The molecule has 1 N–H and O–H groups in total. The fourth-order valence-corrected chi connectivity index (χ4v) is 3.44. The third-order valence-corrected chi connectivity index (χ3v) is 5.16. The van der Waals surface area contributed by atoms with Gasteiger partial charge in [0.1, 0.15) is 12.4 Å². The van der Waals surface area contributed by atoms with Crippen LogP contribution in [0.25, 0.3) is 0 Å². The number of ether oxygens (including phenoxy) is 2. The Bertz CT molecular complexity index is 804. The lowest BCUT2D eigenvalue weighted by Gasteiger charge is -2.33. The molecule has 0 atom stereocenters. The maximum atomic E-state index is 11.7. The summed E-state index contributed by atoms with van der Waals surface area (Å²) in [6.45, 7) is 2.85. The van der Waals surface area contributed by atoms with E-state index in [1.807, 2.05) is 30.3 Å². The molecule has 0 spiro atoms. The number of esters is 1. The van der Waals surface area contributed by atoms with Gasteiger partial charge in [-0.3, -0.25) is 9.79 Å². The first-order chi connectivity index (χ1) is 14.2. The van der Waals surface area contributed by atoms with Crippen LogP contribution in [0.5, 0.6) is 5.75 Å². The lowest BCUT2D eigenvalue weighted by atomic mass is 9.97. The van der Waals surface area contributed by atoms with E-state index in [9.17, 15) is 4.79 Å². The van der Waals surface area contributed by atoms with Gasteiger partial charge in [-0.05, 0) is 36.1 Å². The highest BCUT2D eigenvalue weighted by atomic mass is 127. The predicted octanol–water partition coefficient (Wildman–Crippen LogP) is 3.84. The minimum Gasteiger partial charge on any atom is -0.489 e. The number of aliphatic imine (C=N–C) groups is 1. The van der Waals surface area contributed by atoms with Crippen molar-refractivity contribution in [2.24, 2.45) is 10.9 Å². The van der Waals surface area contributed by atoms with Crippen LogP contribution in [0, 0.1) is 5.92 Å². The van der Waals surface area contributed by atoms with Crippen molar-refractivity contribution in [2.45, 2.75) is 26.0 Å². The maximum Gasteiger partial charge on any atom is 0.308 e. The quantitative estimate of drug-likeness (QED) is 0.270. The average molecular weight is 523 g/mol. The van der Waals surface area contributed by atoms with Crippen molar-refractivity contribution in [3.05, 3.63) is 65.7 Å². The zero-order valence-corrected chi connectivity index (χ0v) is 19.9. The van der Waals surface area contributed by atoms with Gasteiger partial charge in [-0.15, -0.1) is 24.0 Å². The molecule has 0 unspecified atom stereocenters. The second-order valence-electron chi connectivity index (χ2n) is 7.10. The SMILES string of the molecule is CN=C(NCc1ccc(COc2ccccc2)cc1)N1CCC(C(=O)OC)CC1.I. The molecule has 2 aromatic rings. The number of carbonyl (C=O) groups is 1. The van der Waals surface area contributed by atoms with E-state index in [0.717, 1.165) is 43.2 Å². The summed E-state index contributed by atoms with van der Waals surface area (Å²) in [4.78, 5) is 18.3. The highest BCUT2D eigenvalue weighted by molar-refractivity contribution is 14.0. The van der Waals surface area contributed by atoms with Gasteiger partial charge in [-0.1, -0.05) is 42.5 Å². The number of halogens is 1. The maximum absolute atomic E-state index is 11.7. The van der Waals surface area contributed by atoms with Gasteiger partial charge in [0.15, 0.2) is 5.96 Å². The summed E-state index contributed by atoms with van der Waals surface area (Å²) in [6, 6.07) is 18.2. The standard InChI is InChI=1S/C23H29N3O3.HI/c1-24-23(26-14-12-20(13-15-26)22(27)28-2)25-16-18-8-10-19(11-9-18)17-29-21-6-4-3-5-7-21;/h3-11,20H,12-17H2,1-2H3,(H,24,25);1H. The van der Waals surface area contributed by atoms with Crippen LogP contribution in [0.2, 0.25) is 0 Å². The van der Waals surface area contributed by atoms with Gasteiger partial charge in [-0.25, -0.2) is 0 Å². The Morgan fingerprint density at radius 3 is 2.30 bits per heavy atom. The molecule has 0 amide bonds. The number of piperidine rings is 1. The van der Waals surface area contributed by atoms with Crippen LogP contribution in [0.15, 0.2) is 59.6 Å². The largest absolute Gasteiger partial charge is 0.489 e. The predicted molar refractivity (Wildman–Crippen MR) is 129 cm³/mol. The van der Waals surface area contributed by atoms with Gasteiger partial charge < -0.3 is 19.7 Å². The molecular weight excluding hydrogens is 493 g/mol. The number of guanidine groups is 1. The third-order valence-electron chi connectivity index (χ3n) is 5.16. The van der Waals surface area contributed by atoms with Gasteiger partial charge in [0.05, 0.1) is 13.0 Å². The molecule has 162 valence electrons. The molecule has 1 aliphatic rings. The van der Waals surface area contributed by atoms with Crippen LogP contribution in [0.1, 0.15) is 24.0 Å². The summed E-state index contributed by atoms with van der Waals surface area (Å²) in [7, 11) is 3.24. The zero-order valence-electron chi connectivity index (χ0n) is 17.5. The summed E-state index contributed by atoms with van der Waals surface area (Å²) in [5, 5.41) is 3.42. The second kappa shape index (κ2) is 12.4. The number of para-hydroxylation sites is 1. The highest BCUT2D eigenvalue weighted by Crippen LogP contribution is 2.18. The van der Waals surface area contributed by atoms with Gasteiger partial charge >= 0.3 is 5.97 Å². The fourth-order valence-electron chi connectivity index (χ4n) is 3.44. The summed E-state index contributed by atoms with van der Waals surface area (Å²) in [6.07, 6.45) is 1.59. The van der Waals surface area contributed by atoms with Gasteiger partial charge in [0.2, 0.25) is 0 Å². The summed E-state index contributed by atoms with van der Waals surface area (Å²) >= 11 is 0. The smallest absolute Gasteiger partial charge is 0.308 e. The molecule has 0 aromatic heterocycles. The summed E-state index contributed by atoms with van der Waals surface area (Å²) in [5.41, 5.74) is 2.31. The van der Waals surface area contributed by atoms with Gasteiger partial charge in [-0.2, -0.15) is 0 Å². The molecule has 2 aromatic carbocycles. The zero-order chi connectivity index (χ0) is 20.5. The van der Waals surface area contributed by atoms with Gasteiger partial charge in [0.25, 0.3) is 0 Å².